The van der Waals surface area contributed by atoms with Crippen molar-refractivity contribution in [2.45, 2.75) is 38.8 Å². The SMILES string of the molecule is CC=CCCC(F)=C(F)c1ccc(CCc2ccc(-c3cc(F)c(-c4cc(F)c(C(F)(F)F)c(F)c4)c(F)c3)c(F)c2)cc1. The normalized spacial score (nSPS) is 12.6. The minimum atomic E-state index is -5.36. The van der Waals surface area contributed by atoms with Gasteiger partial charge in [0.15, 0.2) is 5.83 Å². The first-order valence-corrected chi connectivity index (χ1v) is 13.4. The smallest absolute Gasteiger partial charge is 0.209 e. The second kappa shape index (κ2) is 13.5. The van der Waals surface area contributed by atoms with Crippen molar-refractivity contribution in [2.24, 2.45) is 0 Å². The van der Waals surface area contributed by atoms with Gasteiger partial charge in [0, 0.05) is 17.5 Å². The number of hydrogen-bond donors (Lipinski definition) is 0. The molecule has 44 heavy (non-hydrogen) atoms. The number of alkyl halides is 3. The van der Waals surface area contributed by atoms with Gasteiger partial charge in [-0.1, -0.05) is 48.6 Å². The maximum atomic E-state index is 15.0. The predicted octanol–water partition coefficient (Wildman–Crippen LogP) is 11.5. The molecule has 0 aromatic heterocycles. The summed E-state index contributed by atoms with van der Waals surface area (Å²) in [6.07, 6.45) is -0.779. The van der Waals surface area contributed by atoms with Gasteiger partial charge >= 0.3 is 6.18 Å². The lowest BCUT2D eigenvalue weighted by Gasteiger charge is -2.13. The summed E-state index contributed by atoms with van der Waals surface area (Å²) in [6, 6.07) is 11.9. The van der Waals surface area contributed by atoms with Gasteiger partial charge in [0.25, 0.3) is 0 Å². The Morgan fingerprint density at radius 2 is 1.20 bits per heavy atom. The van der Waals surface area contributed by atoms with Crippen molar-refractivity contribution < 1.29 is 43.9 Å². The van der Waals surface area contributed by atoms with E-state index in [1.807, 2.05) is 0 Å². The lowest BCUT2D eigenvalue weighted by atomic mass is 9.96. The fraction of sp³-hybridized carbons (Fsp3) is 0.176. The number of allylic oxidation sites excluding steroid dienone is 3. The van der Waals surface area contributed by atoms with Gasteiger partial charge in [0.2, 0.25) is 0 Å². The summed E-state index contributed by atoms with van der Waals surface area (Å²) in [4.78, 5) is 0. The molecule has 0 saturated carbocycles. The van der Waals surface area contributed by atoms with Crippen LogP contribution in [0, 0.1) is 29.1 Å². The number of halogens is 10. The van der Waals surface area contributed by atoms with Crippen molar-refractivity contribution >= 4 is 5.83 Å². The molecule has 10 heteroatoms. The van der Waals surface area contributed by atoms with E-state index < -0.39 is 63.6 Å². The van der Waals surface area contributed by atoms with Crippen LogP contribution in [0.4, 0.5) is 43.9 Å². The van der Waals surface area contributed by atoms with Crippen molar-refractivity contribution in [3.63, 3.8) is 0 Å². The molecule has 0 nitrogen and oxygen atoms in total. The highest BCUT2D eigenvalue weighted by molar-refractivity contribution is 5.72. The van der Waals surface area contributed by atoms with Gasteiger partial charge in [-0.15, -0.1) is 0 Å². The summed E-state index contributed by atoms with van der Waals surface area (Å²) in [7, 11) is 0. The molecule has 0 fully saturated rings. The second-order valence-electron chi connectivity index (χ2n) is 9.97. The summed E-state index contributed by atoms with van der Waals surface area (Å²) >= 11 is 0. The van der Waals surface area contributed by atoms with E-state index in [4.69, 9.17) is 0 Å². The number of rotatable bonds is 9. The molecule has 0 N–H and O–H groups in total. The van der Waals surface area contributed by atoms with Crippen LogP contribution in [-0.4, -0.2) is 0 Å². The summed E-state index contributed by atoms with van der Waals surface area (Å²) in [5.74, 6) is -9.41. The molecule has 0 radical (unpaired) electrons. The maximum Gasteiger partial charge on any atom is 0.422 e. The Labute approximate surface area is 247 Å². The summed E-state index contributed by atoms with van der Waals surface area (Å²) < 4.78 is 140. The highest BCUT2D eigenvalue weighted by Gasteiger charge is 2.38. The van der Waals surface area contributed by atoms with Gasteiger partial charge in [-0.2, -0.15) is 13.2 Å². The van der Waals surface area contributed by atoms with Crippen LogP contribution in [0.15, 0.2) is 84.7 Å². The third-order valence-electron chi connectivity index (χ3n) is 6.91. The number of aryl methyl sites for hydroxylation is 2. The molecule has 0 amide bonds. The lowest BCUT2D eigenvalue weighted by molar-refractivity contribution is -0.142. The summed E-state index contributed by atoms with van der Waals surface area (Å²) in [6.45, 7) is 1.78. The standard InChI is InChI=1S/C34H24F10/c1-2-3-4-5-25(35)33(41)21-11-8-19(9-12-21)6-7-20-10-13-24(26(36)14-20)22-15-27(37)31(28(38)16-22)23-17-29(39)32(30(40)18-23)34(42,43)44/h2-3,8-18H,4-7H2,1H3. The Morgan fingerprint density at radius 3 is 1.75 bits per heavy atom. The zero-order valence-electron chi connectivity index (χ0n) is 23.1. The first kappa shape index (κ1) is 32.6. The molecule has 0 bridgehead atoms. The van der Waals surface area contributed by atoms with E-state index in [1.165, 1.54) is 24.3 Å². The van der Waals surface area contributed by atoms with E-state index in [0.717, 1.165) is 11.6 Å². The topological polar surface area (TPSA) is 0 Å². The maximum absolute atomic E-state index is 15.0. The van der Waals surface area contributed by atoms with Crippen LogP contribution in [0.3, 0.4) is 0 Å². The van der Waals surface area contributed by atoms with Crippen LogP contribution in [-0.2, 0) is 19.0 Å². The lowest BCUT2D eigenvalue weighted by Crippen LogP contribution is -2.11. The Bertz CT molecular complexity index is 1670. The molecule has 0 heterocycles. The van der Waals surface area contributed by atoms with E-state index in [-0.39, 0.29) is 35.2 Å². The van der Waals surface area contributed by atoms with Crippen molar-refractivity contribution in [1.29, 1.82) is 0 Å². The Morgan fingerprint density at radius 1 is 0.659 bits per heavy atom. The van der Waals surface area contributed by atoms with Gasteiger partial charge in [0.05, 0.1) is 5.56 Å². The van der Waals surface area contributed by atoms with Crippen molar-refractivity contribution in [3.8, 4) is 22.3 Å². The molecule has 0 spiro atoms. The Balaban J connectivity index is 1.49. The minimum absolute atomic E-state index is 0.0535. The van der Waals surface area contributed by atoms with Gasteiger partial charge in [-0.25, -0.2) is 30.7 Å². The highest BCUT2D eigenvalue weighted by atomic mass is 19.4. The predicted molar refractivity (Wildman–Crippen MR) is 149 cm³/mol. The first-order valence-electron chi connectivity index (χ1n) is 13.4. The Kier molecular flexibility index (Phi) is 10.0. The van der Waals surface area contributed by atoms with E-state index in [0.29, 0.717) is 37.0 Å². The van der Waals surface area contributed by atoms with Gasteiger partial charge in [-0.3, -0.25) is 0 Å². The van der Waals surface area contributed by atoms with E-state index in [9.17, 15) is 39.5 Å². The van der Waals surface area contributed by atoms with E-state index >= 15 is 4.39 Å². The minimum Gasteiger partial charge on any atom is -0.209 e. The second-order valence-corrected chi connectivity index (χ2v) is 9.97. The third-order valence-corrected chi connectivity index (χ3v) is 6.91. The molecule has 0 atom stereocenters. The molecule has 0 aliphatic rings. The van der Waals surface area contributed by atoms with Crippen molar-refractivity contribution in [2.75, 3.05) is 0 Å². The fourth-order valence-corrected chi connectivity index (χ4v) is 4.69. The van der Waals surface area contributed by atoms with Gasteiger partial charge in [0.1, 0.15) is 40.5 Å². The highest BCUT2D eigenvalue weighted by Crippen LogP contribution is 2.38. The van der Waals surface area contributed by atoms with Crippen LogP contribution in [0.1, 0.15) is 42.0 Å². The molecule has 4 rings (SSSR count). The molecule has 0 saturated heterocycles. The van der Waals surface area contributed by atoms with Crippen molar-refractivity contribution in [1.82, 2.24) is 0 Å². The summed E-state index contributed by atoms with van der Waals surface area (Å²) in [5.41, 5.74) is -3.00. The fourth-order valence-electron chi connectivity index (χ4n) is 4.69. The van der Waals surface area contributed by atoms with Crippen LogP contribution >= 0.6 is 0 Å². The van der Waals surface area contributed by atoms with E-state index in [1.54, 1.807) is 31.2 Å². The Hall–Kier alpha value is -4.34. The average molecular weight is 623 g/mol. The monoisotopic (exact) mass is 622 g/mol. The van der Waals surface area contributed by atoms with Crippen LogP contribution in [0.25, 0.3) is 28.1 Å². The van der Waals surface area contributed by atoms with Crippen LogP contribution < -0.4 is 0 Å². The van der Waals surface area contributed by atoms with E-state index in [2.05, 4.69) is 0 Å². The zero-order valence-corrected chi connectivity index (χ0v) is 23.1. The molecular formula is C34H24F10. The quantitative estimate of drug-likeness (QED) is 0.129. The molecule has 0 aliphatic heterocycles. The molecule has 230 valence electrons. The molecule has 4 aromatic carbocycles. The van der Waals surface area contributed by atoms with Gasteiger partial charge < -0.3 is 0 Å². The number of hydrogen-bond acceptors (Lipinski definition) is 0. The molecule has 4 aromatic rings. The largest absolute Gasteiger partial charge is 0.422 e. The average Bonchev–Trinajstić information content (AvgIpc) is 2.94. The third kappa shape index (κ3) is 7.41. The molecule has 0 unspecified atom stereocenters. The van der Waals surface area contributed by atoms with Crippen LogP contribution in [0.2, 0.25) is 0 Å². The first-order chi connectivity index (χ1) is 20.8. The zero-order chi connectivity index (χ0) is 32.2. The van der Waals surface area contributed by atoms with Crippen LogP contribution in [0.5, 0.6) is 0 Å². The molecular weight excluding hydrogens is 598 g/mol. The summed E-state index contributed by atoms with van der Waals surface area (Å²) in [5, 5.41) is 0. The molecule has 0 aliphatic carbocycles. The number of benzene rings is 4. The van der Waals surface area contributed by atoms with Gasteiger partial charge in [-0.05, 0) is 78.8 Å². The van der Waals surface area contributed by atoms with Crippen molar-refractivity contribution in [3.05, 3.63) is 136 Å².